The number of imidazole rings is 1. The standard InChI is InChI=1S/C16H20ClFN2/c1-9-6-12-11(7-10(9)18)19-13(8-17)20(12)14-15(2,3)16(14,4)5/h6-7,14H,8H2,1-5H3. The van der Waals surface area contributed by atoms with E-state index in [0.717, 1.165) is 11.3 Å². The molecule has 1 fully saturated rings. The van der Waals surface area contributed by atoms with E-state index < -0.39 is 0 Å². The summed E-state index contributed by atoms with van der Waals surface area (Å²) in [5.74, 6) is 0.964. The minimum absolute atomic E-state index is 0.184. The lowest BCUT2D eigenvalue weighted by Crippen LogP contribution is -2.05. The molecule has 0 N–H and O–H groups in total. The van der Waals surface area contributed by atoms with Crippen LogP contribution in [-0.4, -0.2) is 9.55 Å². The summed E-state index contributed by atoms with van der Waals surface area (Å²) in [4.78, 5) is 4.52. The van der Waals surface area contributed by atoms with Crippen LogP contribution in [0.4, 0.5) is 4.39 Å². The maximum atomic E-state index is 13.7. The molecule has 0 unspecified atom stereocenters. The third-order valence-corrected chi connectivity index (χ3v) is 5.60. The van der Waals surface area contributed by atoms with Gasteiger partial charge in [-0.2, -0.15) is 0 Å². The van der Waals surface area contributed by atoms with Gasteiger partial charge in [0.25, 0.3) is 0 Å². The van der Waals surface area contributed by atoms with Gasteiger partial charge in [0.05, 0.1) is 16.9 Å². The van der Waals surface area contributed by atoms with Crippen molar-refractivity contribution in [1.29, 1.82) is 0 Å². The summed E-state index contributed by atoms with van der Waals surface area (Å²) >= 11 is 6.06. The number of aryl methyl sites for hydroxylation is 1. The highest BCUT2D eigenvalue weighted by molar-refractivity contribution is 6.16. The first-order valence-electron chi connectivity index (χ1n) is 6.94. The molecule has 0 saturated heterocycles. The van der Waals surface area contributed by atoms with E-state index in [1.807, 2.05) is 6.07 Å². The van der Waals surface area contributed by atoms with Gasteiger partial charge in [-0.05, 0) is 29.4 Å². The number of alkyl halides is 1. The van der Waals surface area contributed by atoms with Crippen molar-refractivity contribution < 1.29 is 4.39 Å². The van der Waals surface area contributed by atoms with Gasteiger partial charge in [-0.1, -0.05) is 27.7 Å². The molecule has 108 valence electrons. The number of aromatic nitrogens is 2. The normalized spacial score (nSPS) is 20.6. The van der Waals surface area contributed by atoms with Gasteiger partial charge in [0.2, 0.25) is 0 Å². The number of hydrogen-bond acceptors (Lipinski definition) is 1. The van der Waals surface area contributed by atoms with E-state index in [1.54, 1.807) is 6.92 Å². The Morgan fingerprint density at radius 1 is 1.25 bits per heavy atom. The maximum absolute atomic E-state index is 13.7. The lowest BCUT2D eigenvalue weighted by molar-refractivity contribution is 0.457. The summed E-state index contributed by atoms with van der Waals surface area (Å²) in [5.41, 5.74) is 2.70. The second-order valence-corrected chi connectivity index (χ2v) is 7.23. The Hall–Kier alpha value is -1.09. The van der Waals surface area contributed by atoms with Crippen LogP contribution >= 0.6 is 11.6 Å². The van der Waals surface area contributed by atoms with Gasteiger partial charge >= 0.3 is 0 Å². The molecule has 0 amide bonds. The highest BCUT2D eigenvalue weighted by Gasteiger charge is 2.66. The average molecular weight is 295 g/mol. The summed E-state index contributed by atoms with van der Waals surface area (Å²) in [5, 5.41) is 0. The smallest absolute Gasteiger partial charge is 0.128 e. The van der Waals surface area contributed by atoms with Crippen molar-refractivity contribution in [3.05, 3.63) is 29.3 Å². The van der Waals surface area contributed by atoms with E-state index in [1.165, 1.54) is 6.07 Å². The molecule has 2 nitrogen and oxygen atoms in total. The Bertz CT molecular complexity index is 686. The molecule has 1 aromatic carbocycles. The molecule has 4 heteroatoms. The third-order valence-electron chi connectivity index (χ3n) is 5.37. The molecule has 2 aromatic rings. The van der Waals surface area contributed by atoms with E-state index in [0.29, 0.717) is 23.0 Å². The highest BCUT2D eigenvalue weighted by Crippen LogP contribution is 2.72. The Labute approximate surface area is 123 Å². The van der Waals surface area contributed by atoms with Crippen molar-refractivity contribution in [3.8, 4) is 0 Å². The molecule has 1 saturated carbocycles. The monoisotopic (exact) mass is 294 g/mol. The minimum Gasteiger partial charge on any atom is -0.323 e. The zero-order chi connectivity index (χ0) is 14.9. The summed E-state index contributed by atoms with van der Waals surface area (Å²) in [6.07, 6.45) is 0. The van der Waals surface area contributed by atoms with Gasteiger partial charge in [0.1, 0.15) is 11.6 Å². The first-order chi connectivity index (χ1) is 9.21. The molecule has 1 aliphatic carbocycles. The Balaban J connectivity index is 2.27. The molecule has 0 radical (unpaired) electrons. The number of benzene rings is 1. The third kappa shape index (κ3) is 1.59. The van der Waals surface area contributed by atoms with Crippen molar-refractivity contribution in [3.63, 3.8) is 0 Å². The fourth-order valence-corrected chi connectivity index (χ4v) is 3.65. The van der Waals surface area contributed by atoms with Crippen molar-refractivity contribution >= 4 is 22.6 Å². The van der Waals surface area contributed by atoms with Crippen molar-refractivity contribution in [2.24, 2.45) is 10.8 Å². The summed E-state index contributed by atoms with van der Waals surface area (Å²) < 4.78 is 15.9. The Morgan fingerprint density at radius 2 is 1.85 bits per heavy atom. The Morgan fingerprint density at radius 3 is 2.35 bits per heavy atom. The van der Waals surface area contributed by atoms with E-state index in [-0.39, 0.29) is 16.6 Å². The quantitative estimate of drug-likeness (QED) is 0.725. The molecule has 3 rings (SSSR count). The van der Waals surface area contributed by atoms with Gasteiger partial charge in [-0.25, -0.2) is 9.37 Å². The van der Waals surface area contributed by atoms with Crippen LogP contribution in [0.25, 0.3) is 11.0 Å². The molecule has 0 spiro atoms. The molecule has 20 heavy (non-hydrogen) atoms. The second-order valence-electron chi connectivity index (χ2n) is 6.97. The first-order valence-corrected chi connectivity index (χ1v) is 7.48. The SMILES string of the molecule is Cc1cc2c(cc1F)nc(CCl)n2C1C(C)(C)C1(C)C. The summed E-state index contributed by atoms with van der Waals surface area (Å²) in [7, 11) is 0. The van der Waals surface area contributed by atoms with Crippen molar-refractivity contribution in [1.82, 2.24) is 9.55 Å². The fraction of sp³-hybridized carbons (Fsp3) is 0.562. The van der Waals surface area contributed by atoms with Crippen LogP contribution in [0.1, 0.15) is 45.1 Å². The van der Waals surface area contributed by atoms with Crippen molar-refractivity contribution in [2.75, 3.05) is 0 Å². The zero-order valence-corrected chi connectivity index (χ0v) is 13.3. The van der Waals surface area contributed by atoms with Gasteiger partial charge in [-0.3, -0.25) is 0 Å². The molecular formula is C16H20ClFN2. The van der Waals surface area contributed by atoms with E-state index in [9.17, 15) is 4.39 Å². The molecule has 0 atom stereocenters. The van der Waals surface area contributed by atoms with E-state index in [4.69, 9.17) is 11.6 Å². The van der Waals surface area contributed by atoms with Crippen LogP contribution in [0.5, 0.6) is 0 Å². The molecule has 1 aromatic heterocycles. The minimum atomic E-state index is -0.211. The number of fused-ring (bicyclic) bond motifs is 1. The lowest BCUT2D eigenvalue weighted by atomic mass is 10.0. The molecular weight excluding hydrogens is 275 g/mol. The van der Waals surface area contributed by atoms with Crippen LogP contribution in [0.15, 0.2) is 12.1 Å². The van der Waals surface area contributed by atoms with Crippen LogP contribution in [0.2, 0.25) is 0 Å². The van der Waals surface area contributed by atoms with Crippen LogP contribution in [0, 0.1) is 23.6 Å². The zero-order valence-electron chi connectivity index (χ0n) is 12.6. The van der Waals surface area contributed by atoms with Gasteiger partial charge in [-0.15, -0.1) is 11.6 Å². The number of rotatable bonds is 2. The predicted molar refractivity (Wildman–Crippen MR) is 80.6 cm³/mol. The fourth-order valence-electron chi connectivity index (χ4n) is 3.46. The lowest BCUT2D eigenvalue weighted by Gasteiger charge is -2.10. The second kappa shape index (κ2) is 3.97. The maximum Gasteiger partial charge on any atom is 0.128 e. The molecule has 1 aliphatic rings. The first kappa shape index (κ1) is 13.9. The average Bonchev–Trinajstić information content (AvgIpc) is 2.65. The molecule has 1 heterocycles. The van der Waals surface area contributed by atoms with Gasteiger partial charge in [0, 0.05) is 12.1 Å². The van der Waals surface area contributed by atoms with Crippen molar-refractivity contribution in [2.45, 2.75) is 46.5 Å². The largest absolute Gasteiger partial charge is 0.323 e. The summed E-state index contributed by atoms with van der Waals surface area (Å²) in [6, 6.07) is 3.75. The van der Waals surface area contributed by atoms with Gasteiger partial charge < -0.3 is 4.57 Å². The van der Waals surface area contributed by atoms with Crippen LogP contribution < -0.4 is 0 Å². The van der Waals surface area contributed by atoms with Crippen LogP contribution in [0.3, 0.4) is 0 Å². The number of halogens is 2. The Kier molecular flexibility index (Phi) is 2.75. The molecule has 0 aliphatic heterocycles. The predicted octanol–water partition coefficient (Wildman–Crippen LogP) is 4.83. The highest BCUT2D eigenvalue weighted by atomic mass is 35.5. The summed E-state index contributed by atoms with van der Waals surface area (Å²) in [6.45, 7) is 10.8. The number of nitrogens with zero attached hydrogens (tertiary/aromatic N) is 2. The van der Waals surface area contributed by atoms with E-state index in [2.05, 4.69) is 37.2 Å². The topological polar surface area (TPSA) is 17.8 Å². The number of hydrogen-bond donors (Lipinski definition) is 0. The van der Waals surface area contributed by atoms with Crippen LogP contribution in [-0.2, 0) is 5.88 Å². The molecule has 0 bridgehead atoms. The van der Waals surface area contributed by atoms with E-state index >= 15 is 0 Å². The van der Waals surface area contributed by atoms with Gasteiger partial charge in [0.15, 0.2) is 0 Å².